The maximum Gasteiger partial charge on any atom is 0.227 e. The molecule has 4 N–H and O–H groups in total. The summed E-state index contributed by atoms with van der Waals surface area (Å²) < 4.78 is 0. The van der Waals surface area contributed by atoms with Crippen LogP contribution in [0.25, 0.3) is 0 Å². The number of carbonyl (C=O) groups is 2. The Labute approximate surface area is 100 Å². The molecule has 6 heteroatoms. The number of thioether (sulfide) groups is 1. The van der Waals surface area contributed by atoms with Gasteiger partial charge in [-0.2, -0.15) is 11.8 Å². The van der Waals surface area contributed by atoms with E-state index in [9.17, 15) is 9.59 Å². The van der Waals surface area contributed by atoms with E-state index >= 15 is 0 Å². The molecule has 0 heterocycles. The number of nitrogens with two attached hydrogens (primary N) is 1. The summed E-state index contributed by atoms with van der Waals surface area (Å²) >= 11 is 1.36. The zero-order valence-corrected chi connectivity index (χ0v) is 10.4. The molecule has 0 saturated heterocycles. The van der Waals surface area contributed by atoms with E-state index in [2.05, 4.69) is 5.32 Å². The summed E-state index contributed by atoms with van der Waals surface area (Å²) in [6.45, 7) is 2.05. The Bertz CT molecular complexity index is 224. The van der Waals surface area contributed by atoms with Gasteiger partial charge in [-0.3, -0.25) is 9.59 Å². The molecule has 0 aromatic rings. The predicted molar refractivity (Wildman–Crippen MR) is 65.1 cm³/mol. The maximum atomic E-state index is 11.4. The van der Waals surface area contributed by atoms with Gasteiger partial charge in [-0.15, -0.1) is 0 Å². The molecule has 0 aromatic heterocycles. The normalized spacial score (nSPS) is 12.1. The van der Waals surface area contributed by atoms with Gasteiger partial charge in [0.05, 0.1) is 5.75 Å². The molecule has 0 rings (SSSR count). The molecule has 1 unspecified atom stereocenters. The summed E-state index contributed by atoms with van der Waals surface area (Å²) in [7, 11) is 0. The number of primary amides is 1. The first kappa shape index (κ1) is 15.2. The molecule has 0 fully saturated rings. The number of aliphatic hydroxyl groups is 1. The van der Waals surface area contributed by atoms with Crippen molar-refractivity contribution in [2.75, 3.05) is 18.1 Å². The van der Waals surface area contributed by atoms with Crippen LogP contribution in [0.4, 0.5) is 0 Å². The van der Waals surface area contributed by atoms with Crippen LogP contribution in [0, 0.1) is 0 Å². The molecular formula is C10H20N2O3S. The minimum absolute atomic E-state index is 0.0255. The van der Waals surface area contributed by atoms with Crippen LogP contribution >= 0.6 is 11.8 Å². The summed E-state index contributed by atoms with van der Waals surface area (Å²) in [6.07, 6.45) is 1.86. The van der Waals surface area contributed by atoms with Gasteiger partial charge in [0.1, 0.15) is 0 Å². The fourth-order valence-electron chi connectivity index (χ4n) is 1.15. The van der Waals surface area contributed by atoms with Crippen LogP contribution in [0.1, 0.15) is 26.2 Å². The molecule has 16 heavy (non-hydrogen) atoms. The SMILES string of the molecule is CC(CCCO)NC(=O)CCSCC(N)=O. The first-order valence-electron chi connectivity index (χ1n) is 5.32. The lowest BCUT2D eigenvalue weighted by Crippen LogP contribution is -2.32. The van der Waals surface area contributed by atoms with Gasteiger partial charge in [0, 0.05) is 24.8 Å². The van der Waals surface area contributed by atoms with Gasteiger partial charge >= 0.3 is 0 Å². The van der Waals surface area contributed by atoms with Crippen molar-refractivity contribution in [2.24, 2.45) is 5.73 Å². The molecule has 1 atom stereocenters. The molecule has 0 saturated carbocycles. The van der Waals surface area contributed by atoms with Crippen molar-refractivity contribution in [3.8, 4) is 0 Å². The van der Waals surface area contributed by atoms with E-state index in [1.54, 1.807) is 0 Å². The molecule has 0 aliphatic rings. The Kier molecular flexibility index (Phi) is 9.03. The van der Waals surface area contributed by atoms with Gasteiger partial charge in [0.2, 0.25) is 11.8 Å². The summed E-state index contributed by atoms with van der Waals surface area (Å²) in [4.78, 5) is 21.8. The number of rotatable bonds is 9. The summed E-state index contributed by atoms with van der Waals surface area (Å²) in [5.74, 6) is 0.471. The van der Waals surface area contributed by atoms with E-state index in [0.29, 0.717) is 18.6 Å². The fourth-order valence-corrected chi connectivity index (χ4v) is 1.83. The Morgan fingerprint density at radius 1 is 1.50 bits per heavy atom. The standard InChI is InChI=1S/C10H20N2O3S/c1-8(3-2-5-13)12-10(15)4-6-16-7-9(11)14/h8,13H,2-7H2,1H3,(H2,11,14)(H,12,15). The smallest absolute Gasteiger partial charge is 0.227 e. The molecule has 0 radical (unpaired) electrons. The van der Waals surface area contributed by atoms with Gasteiger partial charge < -0.3 is 16.2 Å². The van der Waals surface area contributed by atoms with Gasteiger partial charge in [-0.1, -0.05) is 0 Å². The molecule has 0 spiro atoms. The minimum atomic E-state index is -0.360. The molecule has 0 aliphatic heterocycles. The first-order chi connectivity index (χ1) is 7.56. The minimum Gasteiger partial charge on any atom is -0.396 e. The number of amides is 2. The Morgan fingerprint density at radius 3 is 2.75 bits per heavy atom. The second kappa shape index (κ2) is 9.47. The number of nitrogens with one attached hydrogen (secondary N) is 1. The van der Waals surface area contributed by atoms with Crippen molar-refractivity contribution in [3.05, 3.63) is 0 Å². The van der Waals surface area contributed by atoms with Crippen LogP contribution in [-0.4, -0.2) is 41.1 Å². The van der Waals surface area contributed by atoms with Crippen molar-refractivity contribution < 1.29 is 14.7 Å². The quantitative estimate of drug-likeness (QED) is 0.496. The zero-order valence-electron chi connectivity index (χ0n) is 9.57. The van der Waals surface area contributed by atoms with Crippen LogP contribution in [0.2, 0.25) is 0 Å². The van der Waals surface area contributed by atoms with Crippen LogP contribution in [0.5, 0.6) is 0 Å². The van der Waals surface area contributed by atoms with Gasteiger partial charge in [-0.05, 0) is 19.8 Å². The lowest BCUT2D eigenvalue weighted by molar-refractivity contribution is -0.121. The monoisotopic (exact) mass is 248 g/mol. The van der Waals surface area contributed by atoms with E-state index < -0.39 is 0 Å². The highest BCUT2D eigenvalue weighted by Crippen LogP contribution is 2.02. The average molecular weight is 248 g/mol. The topological polar surface area (TPSA) is 92.4 Å². The molecule has 0 aromatic carbocycles. The van der Waals surface area contributed by atoms with Gasteiger partial charge in [0.25, 0.3) is 0 Å². The van der Waals surface area contributed by atoms with Gasteiger partial charge in [-0.25, -0.2) is 0 Å². The third-order valence-corrected chi connectivity index (χ3v) is 2.90. The largest absolute Gasteiger partial charge is 0.396 e. The molecule has 0 bridgehead atoms. The highest BCUT2D eigenvalue weighted by Gasteiger charge is 2.06. The second-order valence-electron chi connectivity index (χ2n) is 3.60. The van der Waals surface area contributed by atoms with Crippen molar-refractivity contribution in [1.82, 2.24) is 5.32 Å². The summed E-state index contributed by atoms with van der Waals surface area (Å²) in [5, 5.41) is 11.4. The lowest BCUT2D eigenvalue weighted by Gasteiger charge is -2.12. The lowest BCUT2D eigenvalue weighted by atomic mass is 10.2. The number of hydrogen-bond acceptors (Lipinski definition) is 4. The van der Waals surface area contributed by atoms with E-state index in [1.165, 1.54) is 11.8 Å². The number of carbonyl (C=O) groups excluding carboxylic acids is 2. The van der Waals surface area contributed by atoms with Crippen molar-refractivity contribution in [2.45, 2.75) is 32.2 Å². The first-order valence-corrected chi connectivity index (χ1v) is 6.48. The molecular weight excluding hydrogens is 228 g/mol. The summed E-state index contributed by atoms with van der Waals surface area (Å²) in [5.41, 5.74) is 4.96. The van der Waals surface area contributed by atoms with E-state index in [1.807, 2.05) is 6.92 Å². The molecule has 2 amide bonds. The van der Waals surface area contributed by atoms with E-state index in [4.69, 9.17) is 10.8 Å². The third-order valence-electron chi connectivity index (χ3n) is 1.92. The van der Waals surface area contributed by atoms with Crippen molar-refractivity contribution in [3.63, 3.8) is 0 Å². The fraction of sp³-hybridized carbons (Fsp3) is 0.800. The van der Waals surface area contributed by atoms with Crippen LogP contribution in [-0.2, 0) is 9.59 Å². The number of hydrogen-bond donors (Lipinski definition) is 3. The van der Waals surface area contributed by atoms with Gasteiger partial charge in [0.15, 0.2) is 0 Å². The highest BCUT2D eigenvalue weighted by atomic mass is 32.2. The van der Waals surface area contributed by atoms with E-state index in [0.717, 1.165) is 6.42 Å². The molecule has 0 aliphatic carbocycles. The second-order valence-corrected chi connectivity index (χ2v) is 4.71. The van der Waals surface area contributed by atoms with Crippen LogP contribution in [0.3, 0.4) is 0 Å². The maximum absolute atomic E-state index is 11.4. The van der Waals surface area contributed by atoms with E-state index in [-0.39, 0.29) is 30.2 Å². The third kappa shape index (κ3) is 9.79. The zero-order chi connectivity index (χ0) is 12.4. The number of aliphatic hydroxyl groups excluding tert-OH is 1. The molecule has 5 nitrogen and oxygen atoms in total. The van der Waals surface area contributed by atoms with Crippen LogP contribution in [0.15, 0.2) is 0 Å². The Hall–Kier alpha value is -0.750. The van der Waals surface area contributed by atoms with Crippen LogP contribution < -0.4 is 11.1 Å². The summed E-state index contributed by atoms with van der Waals surface area (Å²) in [6, 6.07) is 0.0841. The highest BCUT2D eigenvalue weighted by molar-refractivity contribution is 7.99. The Balaban J connectivity index is 3.46. The van der Waals surface area contributed by atoms with Crippen molar-refractivity contribution in [1.29, 1.82) is 0 Å². The Morgan fingerprint density at radius 2 is 2.19 bits per heavy atom. The predicted octanol–water partition coefficient (Wildman–Crippen LogP) is -0.128. The molecule has 94 valence electrons. The van der Waals surface area contributed by atoms with Crippen molar-refractivity contribution >= 4 is 23.6 Å². The average Bonchev–Trinajstić information content (AvgIpc) is 2.21.